The third-order valence-corrected chi connectivity index (χ3v) is 5.91. The fourth-order valence-electron chi connectivity index (χ4n) is 2.46. The Labute approximate surface area is 165 Å². The van der Waals surface area contributed by atoms with E-state index in [0.29, 0.717) is 16.0 Å². The highest BCUT2D eigenvalue weighted by molar-refractivity contribution is 7.99. The summed E-state index contributed by atoms with van der Waals surface area (Å²) in [6.07, 6.45) is 1.31. The molecule has 0 unspecified atom stereocenters. The summed E-state index contributed by atoms with van der Waals surface area (Å²) >= 11 is 1.34. The maximum atomic E-state index is 12.2. The number of hydrazone groups is 1. The van der Waals surface area contributed by atoms with Crippen molar-refractivity contribution in [3.8, 4) is 0 Å². The highest BCUT2D eigenvalue weighted by Crippen LogP contribution is 2.28. The Bertz CT molecular complexity index is 1210. The molecule has 0 saturated carbocycles. The average molecular weight is 412 g/mol. The first-order chi connectivity index (χ1) is 13.5. The maximum Gasteiger partial charge on any atom is 0.276 e. The molecule has 2 heterocycles. The molecule has 4 aromatic rings. The lowest BCUT2D eigenvalue weighted by molar-refractivity contribution is 0.468. The first-order valence-corrected chi connectivity index (χ1v) is 10.6. The van der Waals surface area contributed by atoms with Gasteiger partial charge in [0.05, 0.1) is 22.1 Å². The van der Waals surface area contributed by atoms with Gasteiger partial charge in [-0.2, -0.15) is 18.4 Å². The van der Waals surface area contributed by atoms with Gasteiger partial charge in [0, 0.05) is 0 Å². The van der Waals surface area contributed by atoms with Crippen LogP contribution in [0.1, 0.15) is 11.3 Å². The van der Waals surface area contributed by atoms with Crippen molar-refractivity contribution in [2.24, 2.45) is 5.10 Å². The molecule has 2 N–H and O–H groups in total. The zero-order valence-corrected chi connectivity index (χ0v) is 16.4. The van der Waals surface area contributed by atoms with Crippen LogP contribution in [0.5, 0.6) is 0 Å². The number of para-hydroxylation sites is 2. The van der Waals surface area contributed by atoms with E-state index in [4.69, 9.17) is 4.42 Å². The number of imidazole rings is 1. The zero-order chi connectivity index (χ0) is 19.6. The number of sulfonamides is 1. The Morgan fingerprint density at radius 2 is 1.89 bits per heavy atom. The number of rotatable bonds is 6. The summed E-state index contributed by atoms with van der Waals surface area (Å²) in [5.41, 5.74) is 2.81. The molecule has 0 aliphatic carbocycles. The van der Waals surface area contributed by atoms with Gasteiger partial charge in [0.1, 0.15) is 5.76 Å². The Hall–Kier alpha value is -3.04. The average Bonchev–Trinajstić information content (AvgIpc) is 3.28. The van der Waals surface area contributed by atoms with Crippen molar-refractivity contribution >= 4 is 39.0 Å². The number of furan rings is 1. The van der Waals surface area contributed by atoms with E-state index < -0.39 is 10.0 Å². The standard InChI is InChI=1S/C19H16N4O3S2/c1-13-6-9-15(10-7-13)28(24,25)23-20-12-14-8-11-18(26-14)27-19-21-16-4-2-3-5-17(16)22-19/h2-12,23H,1H3,(H,21,22)/b20-12-. The van der Waals surface area contributed by atoms with E-state index >= 15 is 0 Å². The molecule has 0 aliphatic heterocycles. The quantitative estimate of drug-likeness (QED) is 0.369. The van der Waals surface area contributed by atoms with E-state index in [1.54, 1.807) is 24.3 Å². The minimum Gasteiger partial charge on any atom is -0.448 e. The van der Waals surface area contributed by atoms with Crippen LogP contribution >= 0.6 is 11.8 Å². The van der Waals surface area contributed by atoms with Crippen molar-refractivity contribution in [1.82, 2.24) is 14.8 Å². The number of benzene rings is 2. The van der Waals surface area contributed by atoms with Crippen LogP contribution in [-0.4, -0.2) is 24.6 Å². The maximum absolute atomic E-state index is 12.2. The highest BCUT2D eigenvalue weighted by Gasteiger charge is 2.12. The van der Waals surface area contributed by atoms with Crippen molar-refractivity contribution in [3.63, 3.8) is 0 Å². The van der Waals surface area contributed by atoms with Crippen LogP contribution < -0.4 is 4.83 Å². The number of nitrogens with zero attached hydrogens (tertiary/aromatic N) is 2. The second-order valence-electron chi connectivity index (χ2n) is 5.98. The molecule has 2 aromatic carbocycles. The second kappa shape index (κ2) is 7.53. The molecule has 142 valence electrons. The van der Waals surface area contributed by atoms with Crippen LogP contribution in [0.25, 0.3) is 11.0 Å². The zero-order valence-electron chi connectivity index (χ0n) is 14.8. The molecule has 0 aliphatic rings. The normalized spacial score (nSPS) is 12.0. The van der Waals surface area contributed by atoms with Crippen LogP contribution in [0.4, 0.5) is 0 Å². The predicted octanol–water partition coefficient (Wildman–Crippen LogP) is 3.93. The van der Waals surface area contributed by atoms with E-state index in [0.717, 1.165) is 16.6 Å². The number of aromatic nitrogens is 2. The third-order valence-electron chi connectivity index (χ3n) is 3.86. The van der Waals surface area contributed by atoms with Gasteiger partial charge in [-0.1, -0.05) is 29.8 Å². The van der Waals surface area contributed by atoms with Gasteiger partial charge in [-0.05, 0) is 55.1 Å². The number of aryl methyl sites for hydroxylation is 1. The molecular formula is C19H16N4O3S2. The van der Waals surface area contributed by atoms with E-state index in [1.165, 1.54) is 30.1 Å². The lowest BCUT2D eigenvalue weighted by Gasteiger charge is -2.02. The highest BCUT2D eigenvalue weighted by atomic mass is 32.2. The Kier molecular flexibility index (Phi) is 4.93. The molecule has 28 heavy (non-hydrogen) atoms. The number of nitrogens with one attached hydrogen (secondary N) is 2. The molecule has 0 saturated heterocycles. The van der Waals surface area contributed by atoms with Crippen LogP contribution in [0.2, 0.25) is 0 Å². The van der Waals surface area contributed by atoms with Crippen molar-refractivity contribution in [3.05, 3.63) is 72.0 Å². The van der Waals surface area contributed by atoms with Gasteiger partial charge in [-0.3, -0.25) is 0 Å². The fourth-order valence-corrected chi connectivity index (χ4v) is 4.02. The molecular weight excluding hydrogens is 396 g/mol. The van der Waals surface area contributed by atoms with Crippen LogP contribution in [0.3, 0.4) is 0 Å². The summed E-state index contributed by atoms with van der Waals surface area (Å²) in [5.74, 6) is 0.421. The number of fused-ring (bicyclic) bond motifs is 1. The molecule has 0 fully saturated rings. The Balaban J connectivity index is 1.42. The molecule has 2 aromatic heterocycles. The van der Waals surface area contributed by atoms with Gasteiger partial charge >= 0.3 is 0 Å². The van der Waals surface area contributed by atoms with Crippen LogP contribution in [-0.2, 0) is 10.0 Å². The summed E-state index contributed by atoms with van der Waals surface area (Å²) in [5, 5.41) is 5.10. The van der Waals surface area contributed by atoms with Crippen molar-refractivity contribution in [2.45, 2.75) is 22.1 Å². The van der Waals surface area contributed by atoms with E-state index in [9.17, 15) is 8.42 Å². The summed E-state index contributed by atoms with van der Waals surface area (Å²) in [6, 6.07) is 17.7. The number of hydrogen-bond acceptors (Lipinski definition) is 6. The molecule has 0 spiro atoms. The molecule has 0 bridgehead atoms. The lowest BCUT2D eigenvalue weighted by Crippen LogP contribution is -2.18. The molecule has 9 heteroatoms. The minimum absolute atomic E-state index is 0.149. The van der Waals surface area contributed by atoms with Gasteiger partial charge in [-0.25, -0.2) is 4.98 Å². The molecule has 0 radical (unpaired) electrons. The minimum atomic E-state index is -3.71. The van der Waals surface area contributed by atoms with Crippen molar-refractivity contribution < 1.29 is 12.8 Å². The number of hydrogen-bond donors (Lipinski definition) is 2. The van der Waals surface area contributed by atoms with E-state index in [-0.39, 0.29) is 4.90 Å². The summed E-state index contributed by atoms with van der Waals surface area (Å²) in [4.78, 5) is 10.0. The molecule has 0 atom stereocenters. The van der Waals surface area contributed by atoms with Crippen LogP contribution in [0.15, 0.2) is 85.3 Å². The fraction of sp³-hybridized carbons (Fsp3) is 0.0526. The van der Waals surface area contributed by atoms with Crippen molar-refractivity contribution in [2.75, 3.05) is 0 Å². The van der Waals surface area contributed by atoms with E-state index in [1.807, 2.05) is 31.2 Å². The van der Waals surface area contributed by atoms with E-state index in [2.05, 4.69) is 19.9 Å². The largest absolute Gasteiger partial charge is 0.448 e. The van der Waals surface area contributed by atoms with Crippen molar-refractivity contribution in [1.29, 1.82) is 0 Å². The topological polar surface area (TPSA) is 100 Å². The molecule has 7 nitrogen and oxygen atoms in total. The van der Waals surface area contributed by atoms with Gasteiger partial charge in [0.25, 0.3) is 10.0 Å². The monoisotopic (exact) mass is 412 g/mol. The lowest BCUT2D eigenvalue weighted by atomic mass is 10.2. The number of aromatic amines is 1. The summed E-state index contributed by atoms with van der Waals surface area (Å²) in [7, 11) is -3.71. The predicted molar refractivity (Wildman–Crippen MR) is 108 cm³/mol. The van der Waals surface area contributed by atoms with Gasteiger partial charge in [-0.15, -0.1) is 0 Å². The Morgan fingerprint density at radius 1 is 1.11 bits per heavy atom. The molecule has 4 rings (SSSR count). The van der Waals surface area contributed by atoms with Gasteiger partial charge in [0.2, 0.25) is 0 Å². The van der Waals surface area contributed by atoms with Gasteiger partial charge < -0.3 is 9.40 Å². The molecule has 0 amide bonds. The third kappa shape index (κ3) is 4.10. The summed E-state index contributed by atoms with van der Waals surface area (Å²) in [6.45, 7) is 1.89. The smallest absolute Gasteiger partial charge is 0.276 e. The first-order valence-electron chi connectivity index (χ1n) is 8.34. The number of H-pyrrole nitrogens is 1. The Morgan fingerprint density at radius 3 is 2.68 bits per heavy atom. The van der Waals surface area contributed by atoms with Crippen LogP contribution in [0, 0.1) is 6.92 Å². The first kappa shape index (κ1) is 18.3. The second-order valence-corrected chi connectivity index (χ2v) is 8.64. The summed E-state index contributed by atoms with van der Waals surface area (Å²) < 4.78 is 30.0. The van der Waals surface area contributed by atoms with Gasteiger partial charge in [0.15, 0.2) is 10.2 Å². The SMILES string of the molecule is Cc1ccc(S(=O)(=O)N/N=C\c2ccc(Sc3nc4ccccc4[nH]3)o2)cc1.